The number of hydrogen-bond acceptors (Lipinski definition) is 4. The van der Waals surface area contributed by atoms with Crippen LogP contribution in [0.25, 0.3) is 0 Å². The molecule has 0 radical (unpaired) electrons. The smallest absolute Gasteiger partial charge is 0.408 e. The first kappa shape index (κ1) is 16.5. The average molecular weight is 283 g/mol. The van der Waals surface area contributed by atoms with Crippen molar-refractivity contribution in [1.29, 1.82) is 0 Å². The Morgan fingerprint density at radius 2 is 2.10 bits per heavy atom. The van der Waals surface area contributed by atoms with Gasteiger partial charge in [-0.15, -0.1) is 6.58 Å². The third-order valence-electron chi connectivity index (χ3n) is 3.12. The Morgan fingerprint density at radius 3 is 2.55 bits per heavy atom. The largest absolute Gasteiger partial charge is 0.464 e. The van der Waals surface area contributed by atoms with E-state index in [4.69, 9.17) is 9.47 Å². The molecule has 5 heteroatoms. The second-order valence-electron chi connectivity index (χ2n) is 6.13. The third kappa shape index (κ3) is 4.25. The van der Waals surface area contributed by atoms with Crippen molar-refractivity contribution in [2.24, 2.45) is 5.92 Å². The van der Waals surface area contributed by atoms with Crippen LogP contribution in [0, 0.1) is 5.92 Å². The SMILES string of the molecule is C=CC1CC1(NC(=O)OC(C)(C)C)C(=O)OCCCC. The normalized spacial score (nSPS) is 24.7. The fourth-order valence-electron chi connectivity index (χ4n) is 1.93. The Hall–Kier alpha value is -1.52. The zero-order valence-electron chi connectivity index (χ0n) is 12.8. The maximum atomic E-state index is 12.1. The molecule has 0 bridgehead atoms. The Balaban J connectivity index is 2.62. The van der Waals surface area contributed by atoms with E-state index in [1.807, 2.05) is 6.92 Å². The first-order valence-corrected chi connectivity index (χ1v) is 7.06. The summed E-state index contributed by atoms with van der Waals surface area (Å²) in [5.74, 6) is -0.495. The van der Waals surface area contributed by atoms with Gasteiger partial charge in [-0.2, -0.15) is 0 Å². The van der Waals surface area contributed by atoms with Gasteiger partial charge in [0.15, 0.2) is 0 Å². The molecular weight excluding hydrogens is 258 g/mol. The number of unbranched alkanes of at least 4 members (excludes halogenated alkanes) is 1. The van der Waals surface area contributed by atoms with Gasteiger partial charge in [0.25, 0.3) is 0 Å². The molecule has 114 valence electrons. The van der Waals surface area contributed by atoms with Crippen LogP contribution in [0.1, 0.15) is 47.0 Å². The van der Waals surface area contributed by atoms with Gasteiger partial charge in [-0.3, -0.25) is 0 Å². The van der Waals surface area contributed by atoms with Gasteiger partial charge in [0.05, 0.1) is 6.61 Å². The van der Waals surface area contributed by atoms with Crippen LogP contribution in [-0.4, -0.2) is 29.8 Å². The van der Waals surface area contributed by atoms with Gasteiger partial charge < -0.3 is 14.8 Å². The minimum atomic E-state index is -0.988. The number of rotatable bonds is 6. The van der Waals surface area contributed by atoms with Crippen molar-refractivity contribution in [1.82, 2.24) is 5.32 Å². The molecule has 1 aliphatic rings. The van der Waals surface area contributed by atoms with Crippen molar-refractivity contribution in [3.8, 4) is 0 Å². The number of hydrogen-bond donors (Lipinski definition) is 1. The number of ether oxygens (including phenoxy) is 2. The predicted octanol–water partition coefficient (Wildman–Crippen LogP) is 2.80. The summed E-state index contributed by atoms with van der Waals surface area (Å²) in [7, 11) is 0. The lowest BCUT2D eigenvalue weighted by Crippen LogP contribution is -2.47. The lowest BCUT2D eigenvalue weighted by Gasteiger charge is -2.23. The minimum Gasteiger partial charge on any atom is -0.464 e. The molecule has 0 aromatic heterocycles. The molecule has 0 aromatic rings. The van der Waals surface area contributed by atoms with Crippen molar-refractivity contribution in [2.45, 2.75) is 58.1 Å². The van der Waals surface area contributed by atoms with Gasteiger partial charge in [-0.25, -0.2) is 9.59 Å². The van der Waals surface area contributed by atoms with Crippen LogP contribution in [0.5, 0.6) is 0 Å². The summed E-state index contributed by atoms with van der Waals surface area (Å²) in [5, 5.41) is 2.64. The van der Waals surface area contributed by atoms with E-state index in [0.717, 1.165) is 12.8 Å². The molecule has 1 amide bonds. The van der Waals surface area contributed by atoms with Gasteiger partial charge in [0.1, 0.15) is 11.1 Å². The maximum Gasteiger partial charge on any atom is 0.408 e. The van der Waals surface area contributed by atoms with Crippen molar-refractivity contribution in [3.63, 3.8) is 0 Å². The van der Waals surface area contributed by atoms with E-state index in [1.165, 1.54) is 0 Å². The molecule has 1 saturated carbocycles. The van der Waals surface area contributed by atoms with Crippen LogP contribution in [0.15, 0.2) is 12.7 Å². The number of carbonyl (C=O) groups excluding carboxylic acids is 2. The summed E-state index contributed by atoms with van der Waals surface area (Å²) >= 11 is 0. The molecule has 1 aliphatic carbocycles. The predicted molar refractivity (Wildman–Crippen MR) is 76.3 cm³/mol. The molecule has 2 atom stereocenters. The molecule has 0 aliphatic heterocycles. The van der Waals surface area contributed by atoms with E-state index in [-0.39, 0.29) is 5.92 Å². The Kier molecular flexibility index (Phi) is 5.20. The molecule has 20 heavy (non-hydrogen) atoms. The number of carbonyl (C=O) groups is 2. The molecule has 5 nitrogen and oxygen atoms in total. The molecule has 1 rings (SSSR count). The van der Waals surface area contributed by atoms with Crippen LogP contribution in [-0.2, 0) is 14.3 Å². The Morgan fingerprint density at radius 1 is 1.45 bits per heavy atom. The van der Waals surface area contributed by atoms with Gasteiger partial charge in [0.2, 0.25) is 0 Å². The summed E-state index contributed by atoms with van der Waals surface area (Å²) in [4.78, 5) is 24.0. The van der Waals surface area contributed by atoms with Crippen LogP contribution in [0.4, 0.5) is 4.79 Å². The van der Waals surface area contributed by atoms with E-state index in [9.17, 15) is 9.59 Å². The van der Waals surface area contributed by atoms with Gasteiger partial charge in [-0.1, -0.05) is 19.4 Å². The number of alkyl carbamates (subject to hydrolysis) is 1. The molecule has 0 spiro atoms. The lowest BCUT2D eigenvalue weighted by molar-refractivity contribution is -0.147. The first-order chi connectivity index (χ1) is 9.25. The average Bonchev–Trinajstić information content (AvgIpc) is 3.01. The highest BCUT2D eigenvalue weighted by Crippen LogP contribution is 2.45. The van der Waals surface area contributed by atoms with Crippen LogP contribution in [0.2, 0.25) is 0 Å². The monoisotopic (exact) mass is 283 g/mol. The second-order valence-corrected chi connectivity index (χ2v) is 6.13. The molecule has 0 aromatic carbocycles. The summed E-state index contributed by atoms with van der Waals surface area (Å²) in [6, 6.07) is 0. The van der Waals surface area contributed by atoms with Crippen LogP contribution < -0.4 is 5.32 Å². The number of esters is 1. The van der Waals surface area contributed by atoms with Crippen molar-refractivity contribution >= 4 is 12.1 Å². The minimum absolute atomic E-state index is 0.0934. The summed E-state index contributed by atoms with van der Waals surface area (Å²) in [6.07, 6.45) is 3.34. The van der Waals surface area contributed by atoms with E-state index in [0.29, 0.717) is 13.0 Å². The number of nitrogens with one attached hydrogen (secondary N) is 1. The Bertz CT molecular complexity index is 386. The zero-order valence-corrected chi connectivity index (χ0v) is 12.8. The first-order valence-electron chi connectivity index (χ1n) is 7.06. The highest BCUT2D eigenvalue weighted by Gasteiger charge is 2.61. The van der Waals surface area contributed by atoms with Crippen LogP contribution in [0.3, 0.4) is 0 Å². The fourth-order valence-corrected chi connectivity index (χ4v) is 1.93. The quantitative estimate of drug-likeness (QED) is 0.462. The maximum absolute atomic E-state index is 12.1. The van der Waals surface area contributed by atoms with E-state index in [2.05, 4.69) is 11.9 Å². The third-order valence-corrected chi connectivity index (χ3v) is 3.12. The molecule has 0 heterocycles. The zero-order chi connectivity index (χ0) is 15.4. The highest BCUT2D eigenvalue weighted by molar-refractivity contribution is 5.90. The highest BCUT2D eigenvalue weighted by atomic mass is 16.6. The topological polar surface area (TPSA) is 64.6 Å². The van der Waals surface area contributed by atoms with E-state index < -0.39 is 23.2 Å². The van der Waals surface area contributed by atoms with E-state index >= 15 is 0 Å². The van der Waals surface area contributed by atoms with E-state index in [1.54, 1.807) is 26.8 Å². The van der Waals surface area contributed by atoms with Gasteiger partial charge in [-0.05, 0) is 33.6 Å². The second kappa shape index (κ2) is 6.29. The summed E-state index contributed by atoms with van der Waals surface area (Å²) in [6.45, 7) is 11.4. The van der Waals surface area contributed by atoms with Crippen molar-refractivity contribution < 1.29 is 19.1 Å². The molecular formula is C15H25NO4. The molecule has 2 unspecified atom stereocenters. The molecule has 1 N–H and O–H groups in total. The summed E-state index contributed by atoms with van der Waals surface area (Å²) < 4.78 is 10.4. The molecule has 0 saturated heterocycles. The van der Waals surface area contributed by atoms with Crippen LogP contribution >= 0.6 is 0 Å². The fraction of sp³-hybridized carbons (Fsp3) is 0.733. The summed E-state index contributed by atoms with van der Waals surface area (Å²) in [5.41, 5.74) is -1.59. The van der Waals surface area contributed by atoms with Gasteiger partial charge >= 0.3 is 12.1 Å². The molecule has 1 fully saturated rings. The van der Waals surface area contributed by atoms with Crippen molar-refractivity contribution in [3.05, 3.63) is 12.7 Å². The van der Waals surface area contributed by atoms with Gasteiger partial charge in [0, 0.05) is 5.92 Å². The number of amides is 1. The standard InChI is InChI=1S/C15H25NO4/c1-6-8-9-19-12(17)15(10-11(15)7-2)16-13(18)20-14(3,4)5/h7,11H,2,6,8-10H2,1,3-5H3,(H,16,18). The Labute approximate surface area is 120 Å². The lowest BCUT2D eigenvalue weighted by atomic mass is 10.2. The van der Waals surface area contributed by atoms with Crippen molar-refractivity contribution in [2.75, 3.05) is 6.61 Å².